The average Bonchev–Trinajstić information content (AvgIpc) is 2.35. The zero-order valence-electron chi connectivity index (χ0n) is 10.4. The Morgan fingerprint density at radius 1 is 1.22 bits per heavy atom. The lowest BCUT2D eigenvalue weighted by molar-refractivity contribution is -0.137. The van der Waals surface area contributed by atoms with Gasteiger partial charge in [0.15, 0.2) is 0 Å². The van der Waals surface area contributed by atoms with E-state index in [0.717, 1.165) is 5.69 Å². The van der Waals surface area contributed by atoms with E-state index in [1.165, 1.54) is 10.8 Å². The lowest BCUT2D eigenvalue weighted by Gasteiger charge is -2.12. The van der Waals surface area contributed by atoms with E-state index >= 15 is 0 Å². The highest BCUT2D eigenvalue weighted by molar-refractivity contribution is 5.85. The van der Waals surface area contributed by atoms with Crippen LogP contribution in [0.25, 0.3) is 10.8 Å². The molecule has 0 amide bonds. The second kappa shape index (κ2) is 5.54. The maximum Gasteiger partial charge on any atom is 0.303 e. The molecule has 2 aromatic rings. The molecule has 18 heavy (non-hydrogen) atoms. The van der Waals surface area contributed by atoms with Crippen molar-refractivity contribution in [1.29, 1.82) is 0 Å². The van der Waals surface area contributed by atoms with Gasteiger partial charge in [-0.3, -0.25) is 4.79 Å². The van der Waals surface area contributed by atoms with Gasteiger partial charge in [0.25, 0.3) is 0 Å². The van der Waals surface area contributed by atoms with Gasteiger partial charge in [0, 0.05) is 18.7 Å². The number of nitrogens with one attached hydrogen (secondary N) is 1. The van der Waals surface area contributed by atoms with Crippen molar-refractivity contribution in [2.24, 2.45) is 5.92 Å². The van der Waals surface area contributed by atoms with Crippen molar-refractivity contribution in [3.8, 4) is 0 Å². The highest BCUT2D eigenvalue weighted by Gasteiger charge is 2.07. The maximum absolute atomic E-state index is 10.6. The molecule has 1 unspecified atom stereocenters. The Hall–Kier alpha value is -2.03. The molecule has 0 aromatic heterocycles. The number of aliphatic carboxylic acids is 1. The molecule has 2 N–H and O–H groups in total. The van der Waals surface area contributed by atoms with Crippen molar-refractivity contribution in [3.63, 3.8) is 0 Å². The molecule has 3 nitrogen and oxygen atoms in total. The van der Waals surface area contributed by atoms with E-state index in [1.807, 2.05) is 25.1 Å². The lowest BCUT2D eigenvalue weighted by Crippen LogP contribution is -2.14. The Kier molecular flexibility index (Phi) is 3.82. The number of fused-ring (bicyclic) bond motifs is 1. The Balaban J connectivity index is 2.01. The Bertz CT molecular complexity index is 551. The molecular formula is C15H17NO2. The summed E-state index contributed by atoms with van der Waals surface area (Å²) in [7, 11) is 0. The van der Waals surface area contributed by atoms with Crippen molar-refractivity contribution >= 4 is 22.4 Å². The van der Waals surface area contributed by atoms with Gasteiger partial charge in [-0.15, -0.1) is 0 Å². The van der Waals surface area contributed by atoms with Crippen LogP contribution < -0.4 is 5.32 Å². The summed E-state index contributed by atoms with van der Waals surface area (Å²) in [4.78, 5) is 10.6. The molecule has 0 aliphatic heterocycles. The van der Waals surface area contributed by atoms with Gasteiger partial charge in [0.05, 0.1) is 0 Å². The third-order valence-electron chi connectivity index (χ3n) is 2.93. The van der Waals surface area contributed by atoms with Crippen LogP contribution in [0.15, 0.2) is 42.5 Å². The summed E-state index contributed by atoms with van der Waals surface area (Å²) in [5.41, 5.74) is 1.03. The van der Waals surface area contributed by atoms with E-state index in [0.29, 0.717) is 6.54 Å². The quantitative estimate of drug-likeness (QED) is 0.846. The fraction of sp³-hybridized carbons (Fsp3) is 0.267. The summed E-state index contributed by atoms with van der Waals surface area (Å²) in [5.74, 6) is -0.628. The summed E-state index contributed by atoms with van der Waals surface area (Å²) in [6.07, 6.45) is 0.195. The SMILES string of the molecule is CC(CNc1ccc2ccccc2c1)CC(=O)O. The minimum atomic E-state index is -0.747. The zero-order valence-corrected chi connectivity index (χ0v) is 10.4. The highest BCUT2D eigenvalue weighted by Crippen LogP contribution is 2.19. The van der Waals surface area contributed by atoms with Gasteiger partial charge in [-0.25, -0.2) is 0 Å². The fourth-order valence-electron chi connectivity index (χ4n) is 1.96. The normalized spacial score (nSPS) is 12.3. The van der Waals surface area contributed by atoms with Crippen LogP contribution in [0.4, 0.5) is 5.69 Å². The van der Waals surface area contributed by atoms with E-state index in [-0.39, 0.29) is 12.3 Å². The summed E-state index contributed by atoms with van der Waals surface area (Å²) in [6.45, 7) is 2.60. The molecule has 0 saturated heterocycles. The molecule has 3 heteroatoms. The van der Waals surface area contributed by atoms with Crippen LogP contribution >= 0.6 is 0 Å². The molecule has 1 atom stereocenters. The fourth-order valence-corrected chi connectivity index (χ4v) is 1.96. The highest BCUT2D eigenvalue weighted by atomic mass is 16.4. The number of carboxylic acid groups (broad SMARTS) is 1. The van der Waals surface area contributed by atoms with Crippen molar-refractivity contribution in [3.05, 3.63) is 42.5 Å². The second-order valence-electron chi connectivity index (χ2n) is 4.65. The van der Waals surface area contributed by atoms with Gasteiger partial charge >= 0.3 is 5.97 Å². The summed E-state index contributed by atoms with van der Waals surface area (Å²) in [5, 5.41) is 14.4. The largest absolute Gasteiger partial charge is 0.481 e. The number of rotatable bonds is 5. The van der Waals surface area contributed by atoms with Crippen LogP contribution in [0, 0.1) is 5.92 Å². The van der Waals surface area contributed by atoms with Crippen LogP contribution in [0.5, 0.6) is 0 Å². The number of hydrogen-bond donors (Lipinski definition) is 2. The van der Waals surface area contributed by atoms with E-state index in [9.17, 15) is 4.79 Å². The molecule has 0 bridgehead atoms. The summed E-state index contributed by atoms with van der Waals surface area (Å²) < 4.78 is 0. The van der Waals surface area contributed by atoms with Crippen LogP contribution in [-0.4, -0.2) is 17.6 Å². The molecule has 0 spiro atoms. The first kappa shape index (κ1) is 12.4. The van der Waals surface area contributed by atoms with Crippen molar-refractivity contribution in [1.82, 2.24) is 0 Å². The maximum atomic E-state index is 10.6. The molecule has 94 valence electrons. The first-order valence-electron chi connectivity index (χ1n) is 6.09. The Morgan fingerprint density at radius 3 is 2.67 bits per heavy atom. The molecule has 0 heterocycles. The van der Waals surface area contributed by atoms with Crippen LogP contribution in [-0.2, 0) is 4.79 Å². The first-order chi connectivity index (χ1) is 8.65. The van der Waals surface area contributed by atoms with Gasteiger partial charge < -0.3 is 10.4 Å². The molecule has 0 saturated carbocycles. The smallest absolute Gasteiger partial charge is 0.303 e. The first-order valence-corrected chi connectivity index (χ1v) is 6.09. The molecule has 0 aliphatic carbocycles. The van der Waals surface area contributed by atoms with Crippen molar-refractivity contribution in [2.75, 3.05) is 11.9 Å². The predicted molar refractivity (Wildman–Crippen MR) is 73.9 cm³/mol. The molecular weight excluding hydrogens is 226 g/mol. The van der Waals surface area contributed by atoms with Crippen LogP contribution in [0.1, 0.15) is 13.3 Å². The molecule has 2 aromatic carbocycles. The molecule has 0 aliphatic rings. The van der Waals surface area contributed by atoms with E-state index < -0.39 is 5.97 Å². The predicted octanol–water partition coefficient (Wildman–Crippen LogP) is 3.36. The van der Waals surface area contributed by atoms with Crippen LogP contribution in [0.3, 0.4) is 0 Å². The zero-order chi connectivity index (χ0) is 13.0. The minimum Gasteiger partial charge on any atom is -0.481 e. The van der Waals surface area contributed by atoms with Gasteiger partial charge in [-0.1, -0.05) is 37.3 Å². The molecule has 0 fully saturated rings. The number of carboxylic acids is 1. The third-order valence-corrected chi connectivity index (χ3v) is 2.93. The minimum absolute atomic E-state index is 0.119. The topological polar surface area (TPSA) is 49.3 Å². The number of hydrogen-bond acceptors (Lipinski definition) is 2. The van der Waals surface area contributed by atoms with E-state index in [2.05, 4.69) is 29.6 Å². The number of carbonyl (C=O) groups is 1. The van der Waals surface area contributed by atoms with Gasteiger partial charge in [-0.2, -0.15) is 0 Å². The molecule has 2 rings (SSSR count). The monoisotopic (exact) mass is 243 g/mol. The number of anilines is 1. The standard InChI is InChI=1S/C15H17NO2/c1-11(8-15(17)18)10-16-14-7-6-12-4-2-3-5-13(12)9-14/h2-7,9,11,16H,8,10H2,1H3,(H,17,18). The summed E-state index contributed by atoms with van der Waals surface area (Å²) >= 11 is 0. The van der Waals surface area contributed by atoms with Gasteiger partial charge in [0.1, 0.15) is 0 Å². The van der Waals surface area contributed by atoms with Crippen molar-refractivity contribution in [2.45, 2.75) is 13.3 Å². The van der Waals surface area contributed by atoms with Gasteiger partial charge in [-0.05, 0) is 28.8 Å². The van der Waals surface area contributed by atoms with Crippen LogP contribution in [0.2, 0.25) is 0 Å². The molecule has 0 radical (unpaired) electrons. The Labute approximate surface area is 106 Å². The summed E-state index contributed by atoms with van der Waals surface area (Å²) in [6, 6.07) is 14.4. The third kappa shape index (κ3) is 3.23. The van der Waals surface area contributed by atoms with E-state index in [4.69, 9.17) is 5.11 Å². The van der Waals surface area contributed by atoms with E-state index in [1.54, 1.807) is 0 Å². The average molecular weight is 243 g/mol. The van der Waals surface area contributed by atoms with Crippen molar-refractivity contribution < 1.29 is 9.90 Å². The lowest BCUT2D eigenvalue weighted by atomic mass is 10.1. The van der Waals surface area contributed by atoms with Gasteiger partial charge in [0.2, 0.25) is 0 Å². The number of benzene rings is 2. The second-order valence-corrected chi connectivity index (χ2v) is 4.65. The Morgan fingerprint density at radius 2 is 1.94 bits per heavy atom.